The van der Waals surface area contributed by atoms with E-state index in [0.717, 1.165) is 10.0 Å². The molecule has 25 heavy (non-hydrogen) atoms. The number of halogens is 1. The predicted octanol–water partition coefficient (Wildman–Crippen LogP) is 1.68. The van der Waals surface area contributed by atoms with Crippen LogP contribution in [0.15, 0.2) is 28.7 Å². The largest absolute Gasteiger partial charge is 0.356 e. The highest BCUT2D eigenvalue weighted by Gasteiger charge is 2.32. The Hall–Kier alpha value is -1.91. The average molecular weight is 405 g/mol. The summed E-state index contributed by atoms with van der Waals surface area (Å²) in [6.45, 7) is 3.12. The monoisotopic (exact) mass is 404 g/mol. The summed E-state index contributed by atoms with van der Waals surface area (Å²) in [7, 11) is 0. The standard InChI is InChI=1S/C18H21BrN4O2/c19-15-3-1-13(2-4-15)16(12-20)22-7-9-23(10-8-22)18(25)14-5-6-21-17(24)11-14/h1-4,14,16H,5-11H2,(H,21,24)/t14-,16-/m1/s1. The highest BCUT2D eigenvalue weighted by Crippen LogP contribution is 2.24. The summed E-state index contributed by atoms with van der Waals surface area (Å²) in [4.78, 5) is 28.1. The molecule has 2 atom stereocenters. The van der Waals surface area contributed by atoms with E-state index >= 15 is 0 Å². The van der Waals surface area contributed by atoms with E-state index in [2.05, 4.69) is 32.2 Å². The molecule has 0 radical (unpaired) electrons. The van der Waals surface area contributed by atoms with Crippen molar-refractivity contribution in [3.63, 3.8) is 0 Å². The van der Waals surface area contributed by atoms with E-state index in [1.54, 1.807) is 0 Å². The third-order valence-corrected chi connectivity index (χ3v) is 5.42. The Balaban J connectivity index is 1.59. The molecule has 0 spiro atoms. The quantitative estimate of drug-likeness (QED) is 0.831. The van der Waals surface area contributed by atoms with Gasteiger partial charge in [0.2, 0.25) is 11.8 Å². The summed E-state index contributed by atoms with van der Waals surface area (Å²) < 4.78 is 0.986. The lowest BCUT2D eigenvalue weighted by Gasteiger charge is -2.38. The molecule has 1 N–H and O–H groups in total. The van der Waals surface area contributed by atoms with Crippen molar-refractivity contribution in [3.05, 3.63) is 34.3 Å². The molecule has 3 rings (SSSR count). The fourth-order valence-corrected chi connectivity index (χ4v) is 3.73. The minimum Gasteiger partial charge on any atom is -0.356 e. The molecule has 2 aliphatic rings. The Morgan fingerprint density at radius 3 is 2.52 bits per heavy atom. The second kappa shape index (κ2) is 7.98. The predicted molar refractivity (Wildman–Crippen MR) is 96.4 cm³/mol. The zero-order chi connectivity index (χ0) is 17.8. The summed E-state index contributed by atoms with van der Waals surface area (Å²) in [6.07, 6.45) is 1.00. The Morgan fingerprint density at radius 1 is 1.24 bits per heavy atom. The van der Waals surface area contributed by atoms with Crippen molar-refractivity contribution in [2.45, 2.75) is 18.9 Å². The van der Waals surface area contributed by atoms with Crippen molar-refractivity contribution in [1.82, 2.24) is 15.1 Å². The van der Waals surface area contributed by atoms with Crippen LogP contribution in [0.5, 0.6) is 0 Å². The van der Waals surface area contributed by atoms with Crippen LogP contribution in [0.3, 0.4) is 0 Å². The summed E-state index contributed by atoms with van der Waals surface area (Å²) >= 11 is 3.41. The fourth-order valence-electron chi connectivity index (χ4n) is 3.47. The topological polar surface area (TPSA) is 76.4 Å². The van der Waals surface area contributed by atoms with E-state index in [0.29, 0.717) is 45.6 Å². The average Bonchev–Trinajstić information content (AvgIpc) is 2.64. The molecule has 2 saturated heterocycles. The molecule has 0 aromatic heterocycles. The highest BCUT2D eigenvalue weighted by atomic mass is 79.9. The van der Waals surface area contributed by atoms with Crippen LogP contribution >= 0.6 is 15.9 Å². The van der Waals surface area contributed by atoms with E-state index < -0.39 is 0 Å². The maximum Gasteiger partial charge on any atom is 0.226 e. The Labute approximate surface area is 155 Å². The lowest BCUT2D eigenvalue weighted by molar-refractivity contribution is -0.141. The second-order valence-electron chi connectivity index (χ2n) is 6.48. The smallest absolute Gasteiger partial charge is 0.226 e. The number of nitrogens with one attached hydrogen (secondary N) is 1. The van der Waals surface area contributed by atoms with Gasteiger partial charge in [0, 0.05) is 49.5 Å². The third-order valence-electron chi connectivity index (χ3n) is 4.90. The minimum absolute atomic E-state index is 0.0389. The molecule has 6 nitrogen and oxygen atoms in total. The first-order valence-corrected chi connectivity index (χ1v) is 9.32. The van der Waals surface area contributed by atoms with Crippen LogP contribution in [-0.4, -0.2) is 54.3 Å². The summed E-state index contributed by atoms with van der Waals surface area (Å²) in [5.41, 5.74) is 0.967. The second-order valence-corrected chi connectivity index (χ2v) is 7.40. The fraction of sp³-hybridized carbons (Fsp3) is 0.500. The van der Waals surface area contributed by atoms with Gasteiger partial charge in [-0.05, 0) is 24.1 Å². The van der Waals surface area contributed by atoms with Crippen LogP contribution in [-0.2, 0) is 9.59 Å². The number of nitrogens with zero attached hydrogens (tertiary/aromatic N) is 3. The van der Waals surface area contributed by atoms with Crippen LogP contribution in [0.25, 0.3) is 0 Å². The number of carbonyl (C=O) groups excluding carboxylic acids is 2. The lowest BCUT2D eigenvalue weighted by atomic mass is 9.95. The van der Waals surface area contributed by atoms with Gasteiger partial charge in [0.05, 0.1) is 6.07 Å². The van der Waals surface area contributed by atoms with Crippen molar-refractivity contribution < 1.29 is 9.59 Å². The van der Waals surface area contributed by atoms with Gasteiger partial charge in [-0.25, -0.2) is 0 Å². The van der Waals surface area contributed by atoms with Gasteiger partial charge in [0.15, 0.2) is 0 Å². The first kappa shape index (κ1) is 17.9. The van der Waals surface area contributed by atoms with Crippen LogP contribution in [0.4, 0.5) is 0 Å². The van der Waals surface area contributed by atoms with Gasteiger partial charge in [-0.3, -0.25) is 14.5 Å². The molecule has 1 aromatic rings. The molecule has 0 unspecified atom stereocenters. The van der Waals surface area contributed by atoms with Gasteiger partial charge < -0.3 is 10.2 Å². The van der Waals surface area contributed by atoms with Crippen LogP contribution < -0.4 is 5.32 Å². The number of nitriles is 1. The molecule has 2 aliphatic heterocycles. The Morgan fingerprint density at radius 2 is 1.92 bits per heavy atom. The van der Waals surface area contributed by atoms with Crippen LogP contribution in [0, 0.1) is 17.2 Å². The number of rotatable bonds is 3. The van der Waals surface area contributed by atoms with E-state index in [1.807, 2.05) is 29.2 Å². The Bertz CT molecular complexity index is 677. The molecule has 0 aliphatic carbocycles. The van der Waals surface area contributed by atoms with Crippen LogP contribution in [0.2, 0.25) is 0 Å². The molecule has 1 aromatic carbocycles. The molecule has 2 heterocycles. The van der Waals surface area contributed by atoms with Crippen molar-refractivity contribution in [2.75, 3.05) is 32.7 Å². The first-order chi connectivity index (χ1) is 12.1. The SMILES string of the molecule is N#C[C@H](c1ccc(Br)cc1)N1CCN(C(=O)[C@@H]2CCNC(=O)C2)CC1. The Kier molecular flexibility index (Phi) is 5.71. The molecule has 0 bridgehead atoms. The highest BCUT2D eigenvalue weighted by molar-refractivity contribution is 9.10. The molecular formula is C18H21BrN4O2. The van der Waals surface area contributed by atoms with Crippen molar-refractivity contribution in [2.24, 2.45) is 5.92 Å². The van der Waals surface area contributed by atoms with Crippen molar-refractivity contribution in [1.29, 1.82) is 5.26 Å². The van der Waals surface area contributed by atoms with Crippen molar-refractivity contribution in [3.8, 4) is 6.07 Å². The minimum atomic E-state index is -0.300. The number of piperazine rings is 1. The van der Waals surface area contributed by atoms with E-state index in [4.69, 9.17) is 0 Å². The zero-order valence-corrected chi connectivity index (χ0v) is 15.5. The molecule has 2 amide bonds. The molecular weight excluding hydrogens is 384 g/mol. The summed E-state index contributed by atoms with van der Waals surface area (Å²) in [5.74, 6) is -0.159. The van der Waals surface area contributed by atoms with Gasteiger partial charge >= 0.3 is 0 Å². The summed E-state index contributed by atoms with van der Waals surface area (Å²) in [5, 5.41) is 12.3. The normalized spacial score (nSPS) is 22.8. The number of amides is 2. The van der Waals surface area contributed by atoms with Crippen LogP contribution in [0.1, 0.15) is 24.4 Å². The number of hydrogen-bond donors (Lipinski definition) is 1. The lowest BCUT2D eigenvalue weighted by Crippen LogP contribution is -2.52. The van der Waals surface area contributed by atoms with Gasteiger partial charge in [0.1, 0.15) is 6.04 Å². The van der Waals surface area contributed by atoms with Gasteiger partial charge in [-0.1, -0.05) is 28.1 Å². The van der Waals surface area contributed by atoms with E-state index in [9.17, 15) is 14.9 Å². The van der Waals surface area contributed by atoms with E-state index in [1.165, 1.54) is 0 Å². The third kappa shape index (κ3) is 4.20. The van der Waals surface area contributed by atoms with Gasteiger partial charge in [-0.2, -0.15) is 5.26 Å². The van der Waals surface area contributed by atoms with Crippen molar-refractivity contribution >= 4 is 27.7 Å². The first-order valence-electron chi connectivity index (χ1n) is 8.53. The number of hydrogen-bond acceptors (Lipinski definition) is 4. The van der Waals surface area contributed by atoms with E-state index in [-0.39, 0.29) is 23.8 Å². The number of carbonyl (C=O) groups is 2. The van der Waals surface area contributed by atoms with Gasteiger partial charge in [-0.15, -0.1) is 0 Å². The maximum atomic E-state index is 12.6. The number of benzene rings is 1. The molecule has 7 heteroatoms. The number of piperidine rings is 1. The zero-order valence-electron chi connectivity index (χ0n) is 13.9. The molecule has 132 valence electrons. The molecule has 2 fully saturated rings. The van der Waals surface area contributed by atoms with Gasteiger partial charge in [0.25, 0.3) is 0 Å². The maximum absolute atomic E-state index is 12.6. The summed E-state index contributed by atoms with van der Waals surface area (Å²) in [6, 6.07) is 9.86. The molecule has 0 saturated carbocycles.